The Kier molecular flexibility index (Phi) is 5.51. The number of carbonyl (C=O) groups is 1. The Labute approximate surface area is 151 Å². The molecule has 1 fully saturated rings. The van der Waals surface area contributed by atoms with Gasteiger partial charge in [-0.2, -0.15) is 0 Å². The summed E-state index contributed by atoms with van der Waals surface area (Å²) in [7, 11) is 0. The maximum Gasteiger partial charge on any atom is 0.274 e. The Morgan fingerprint density at radius 3 is 2.58 bits per heavy atom. The lowest BCUT2D eigenvalue weighted by atomic mass is 10.2. The number of carbonyl (C=O) groups excluding carboxylic acids is 1. The van der Waals surface area contributed by atoms with Gasteiger partial charge in [0.05, 0.1) is 0 Å². The topological polar surface area (TPSA) is 45.2 Å². The predicted molar refractivity (Wildman–Crippen MR) is 102 cm³/mol. The molecule has 0 aliphatic carbocycles. The Bertz CT molecular complexity index is 724. The third-order valence-corrected chi connectivity index (χ3v) is 4.88. The quantitative estimate of drug-likeness (QED) is 0.823. The molecular weight excluding hydrogens is 366 g/mol. The number of amides is 1. The average Bonchev–Trinajstić information content (AvgIpc) is 2.87. The number of nitrogens with one attached hydrogen (secondary N) is 1. The minimum absolute atomic E-state index is 0.169. The molecule has 1 aromatic carbocycles. The highest BCUT2D eigenvalue weighted by atomic mass is 79.9. The molecule has 2 heterocycles. The largest absolute Gasteiger partial charge is 0.371 e. The molecule has 1 aromatic heterocycles. The molecule has 1 amide bonds. The first-order valence-corrected chi connectivity index (χ1v) is 9.21. The fourth-order valence-electron chi connectivity index (χ4n) is 3.02. The highest BCUT2D eigenvalue weighted by Crippen LogP contribution is 2.22. The standard InChI is InChI=1S/C19H22BrN3O/c1-14-12-15(20)6-7-17(14)22-19(24)18-13-16(8-9-21-18)23-10-4-2-3-5-11-23/h6-9,12-13H,2-5,10-11H2,1H3,(H,22,24). The number of pyridine rings is 1. The van der Waals surface area contributed by atoms with Gasteiger partial charge in [0, 0.05) is 35.1 Å². The maximum absolute atomic E-state index is 12.6. The van der Waals surface area contributed by atoms with Gasteiger partial charge in [-0.3, -0.25) is 9.78 Å². The smallest absolute Gasteiger partial charge is 0.274 e. The fraction of sp³-hybridized carbons (Fsp3) is 0.368. The van der Waals surface area contributed by atoms with E-state index in [0.29, 0.717) is 5.69 Å². The van der Waals surface area contributed by atoms with Crippen molar-refractivity contribution >= 4 is 33.2 Å². The van der Waals surface area contributed by atoms with Crippen molar-refractivity contribution in [2.24, 2.45) is 0 Å². The van der Waals surface area contributed by atoms with Crippen LogP contribution >= 0.6 is 15.9 Å². The molecule has 0 radical (unpaired) electrons. The van der Waals surface area contributed by atoms with Gasteiger partial charge in [0.1, 0.15) is 5.69 Å². The maximum atomic E-state index is 12.6. The molecule has 5 heteroatoms. The minimum Gasteiger partial charge on any atom is -0.371 e. The van der Waals surface area contributed by atoms with Crippen molar-refractivity contribution in [3.63, 3.8) is 0 Å². The monoisotopic (exact) mass is 387 g/mol. The number of rotatable bonds is 3. The summed E-state index contributed by atoms with van der Waals surface area (Å²) >= 11 is 3.44. The summed E-state index contributed by atoms with van der Waals surface area (Å²) in [5.41, 5.74) is 3.37. The number of hydrogen-bond acceptors (Lipinski definition) is 3. The Morgan fingerprint density at radius 1 is 1.12 bits per heavy atom. The SMILES string of the molecule is Cc1cc(Br)ccc1NC(=O)c1cc(N2CCCCCC2)ccn1. The van der Waals surface area contributed by atoms with E-state index in [1.165, 1.54) is 25.7 Å². The zero-order chi connectivity index (χ0) is 16.9. The van der Waals surface area contributed by atoms with Crippen molar-refractivity contribution in [3.05, 3.63) is 52.3 Å². The van der Waals surface area contributed by atoms with Gasteiger partial charge in [-0.05, 0) is 55.7 Å². The van der Waals surface area contributed by atoms with E-state index in [1.54, 1.807) is 6.20 Å². The Balaban J connectivity index is 1.76. The van der Waals surface area contributed by atoms with Gasteiger partial charge in [-0.25, -0.2) is 0 Å². The first-order valence-electron chi connectivity index (χ1n) is 8.42. The van der Waals surface area contributed by atoms with Crippen LogP contribution in [0.1, 0.15) is 41.7 Å². The van der Waals surface area contributed by atoms with Crippen molar-refractivity contribution in [1.82, 2.24) is 4.98 Å². The highest BCUT2D eigenvalue weighted by molar-refractivity contribution is 9.10. The van der Waals surface area contributed by atoms with E-state index in [1.807, 2.05) is 37.3 Å². The summed E-state index contributed by atoms with van der Waals surface area (Å²) in [6, 6.07) is 9.69. The summed E-state index contributed by atoms with van der Waals surface area (Å²) in [4.78, 5) is 19.2. The van der Waals surface area contributed by atoms with E-state index >= 15 is 0 Å². The Hall–Kier alpha value is -1.88. The number of aromatic nitrogens is 1. The molecule has 0 spiro atoms. The van der Waals surface area contributed by atoms with E-state index in [-0.39, 0.29) is 5.91 Å². The number of aryl methyl sites for hydroxylation is 1. The van der Waals surface area contributed by atoms with Crippen LogP contribution in [0.4, 0.5) is 11.4 Å². The Morgan fingerprint density at radius 2 is 1.88 bits per heavy atom. The highest BCUT2D eigenvalue weighted by Gasteiger charge is 2.14. The van der Waals surface area contributed by atoms with Gasteiger partial charge >= 0.3 is 0 Å². The van der Waals surface area contributed by atoms with Crippen LogP contribution in [-0.2, 0) is 0 Å². The van der Waals surface area contributed by atoms with Crippen LogP contribution in [0.25, 0.3) is 0 Å². The molecule has 1 aliphatic rings. The van der Waals surface area contributed by atoms with Crippen molar-refractivity contribution in [1.29, 1.82) is 0 Å². The molecule has 4 nitrogen and oxygen atoms in total. The molecular formula is C19H22BrN3O. The second-order valence-corrected chi connectivity index (χ2v) is 7.13. The molecule has 1 aliphatic heterocycles. The zero-order valence-corrected chi connectivity index (χ0v) is 15.5. The third kappa shape index (κ3) is 4.15. The number of hydrogen-bond donors (Lipinski definition) is 1. The van der Waals surface area contributed by atoms with Gasteiger partial charge in [0.25, 0.3) is 5.91 Å². The molecule has 3 rings (SSSR count). The summed E-state index contributed by atoms with van der Waals surface area (Å²) in [6.45, 7) is 4.08. The van der Waals surface area contributed by atoms with Gasteiger partial charge in [0.15, 0.2) is 0 Å². The third-order valence-electron chi connectivity index (χ3n) is 4.38. The molecule has 1 saturated heterocycles. The number of nitrogens with zero attached hydrogens (tertiary/aromatic N) is 2. The van der Waals surface area contributed by atoms with Gasteiger partial charge < -0.3 is 10.2 Å². The molecule has 1 N–H and O–H groups in total. The first kappa shape index (κ1) is 17.0. The zero-order valence-electron chi connectivity index (χ0n) is 13.9. The fourth-order valence-corrected chi connectivity index (χ4v) is 3.50. The number of halogens is 1. The van der Waals surface area contributed by atoms with Crippen LogP contribution in [0.2, 0.25) is 0 Å². The molecule has 0 unspecified atom stereocenters. The van der Waals surface area contributed by atoms with E-state index < -0.39 is 0 Å². The van der Waals surface area contributed by atoms with Crippen LogP contribution in [0, 0.1) is 6.92 Å². The lowest BCUT2D eigenvalue weighted by Crippen LogP contribution is -2.24. The van der Waals surface area contributed by atoms with Crippen LogP contribution in [0.5, 0.6) is 0 Å². The van der Waals surface area contributed by atoms with Gasteiger partial charge in [-0.15, -0.1) is 0 Å². The average molecular weight is 388 g/mol. The minimum atomic E-state index is -0.169. The summed E-state index contributed by atoms with van der Waals surface area (Å²) in [5.74, 6) is -0.169. The molecule has 0 atom stereocenters. The van der Waals surface area contributed by atoms with E-state index in [4.69, 9.17) is 0 Å². The summed E-state index contributed by atoms with van der Waals surface area (Å²) in [5, 5.41) is 2.96. The number of benzene rings is 1. The van der Waals surface area contributed by atoms with Crippen molar-refractivity contribution < 1.29 is 4.79 Å². The number of anilines is 2. The van der Waals surface area contributed by atoms with Crippen LogP contribution in [0.15, 0.2) is 41.0 Å². The van der Waals surface area contributed by atoms with Crippen molar-refractivity contribution in [3.8, 4) is 0 Å². The second-order valence-electron chi connectivity index (χ2n) is 6.21. The van der Waals surface area contributed by atoms with Crippen LogP contribution in [0.3, 0.4) is 0 Å². The lowest BCUT2D eigenvalue weighted by molar-refractivity contribution is 0.102. The van der Waals surface area contributed by atoms with E-state index in [2.05, 4.69) is 31.1 Å². The van der Waals surface area contributed by atoms with E-state index in [9.17, 15) is 4.79 Å². The summed E-state index contributed by atoms with van der Waals surface area (Å²) in [6.07, 6.45) is 6.73. The molecule has 24 heavy (non-hydrogen) atoms. The van der Waals surface area contributed by atoms with Gasteiger partial charge in [0.2, 0.25) is 0 Å². The molecule has 2 aromatic rings. The summed E-state index contributed by atoms with van der Waals surface area (Å²) < 4.78 is 0.999. The van der Waals surface area contributed by atoms with Crippen LogP contribution in [-0.4, -0.2) is 24.0 Å². The van der Waals surface area contributed by atoms with Crippen LogP contribution < -0.4 is 10.2 Å². The molecule has 0 saturated carbocycles. The molecule has 0 bridgehead atoms. The predicted octanol–water partition coefficient (Wildman–Crippen LogP) is 4.79. The van der Waals surface area contributed by atoms with Crippen molar-refractivity contribution in [2.45, 2.75) is 32.6 Å². The molecule has 126 valence electrons. The second kappa shape index (κ2) is 7.79. The normalized spacial score (nSPS) is 15.0. The van der Waals surface area contributed by atoms with Crippen molar-refractivity contribution in [2.75, 3.05) is 23.3 Å². The first-order chi connectivity index (χ1) is 11.6. The van der Waals surface area contributed by atoms with E-state index in [0.717, 1.165) is 34.5 Å². The lowest BCUT2D eigenvalue weighted by Gasteiger charge is -2.22. The van der Waals surface area contributed by atoms with Gasteiger partial charge in [-0.1, -0.05) is 28.8 Å².